The van der Waals surface area contributed by atoms with Crippen molar-refractivity contribution in [2.75, 3.05) is 0 Å². The van der Waals surface area contributed by atoms with Gasteiger partial charge in [-0.25, -0.2) is 0 Å². The molecule has 0 aromatic rings. The average Bonchev–Trinajstić information content (AvgIpc) is 1.78. The van der Waals surface area contributed by atoms with Crippen LogP contribution < -0.4 is 5.32 Å². The number of rotatable bonds is 0. The summed E-state index contributed by atoms with van der Waals surface area (Å²) in [4.78, 5) is 21.6. The van der Waals surface area contributed by atoms with Crippen molar-refractivity contribution >= 4 is 11.7 Å². The largest absolute Gasteiger partial charge is 0.340 e. The number of carbonyl (C=O) groups excluding carboxylic acids is 2. The number of carbonyl (C=O) groups is 2. The first-order chi connectivity index (χ1) is 4.52. The predicted molar refractivity (Wildman–Crippen MR) is 36.4 cm³/mol. The molecule has 0 unspecified atom stereocenters. The van der Waals surface area contributed by atoms with E-state index in [4.69, 9.17) is 0 Å². The molecule has 0 aromatic heterocycles. The Balaban J connectivity index is 2.93. The smallest absolute Gasteiger partial charge is 0.244 e. The molecule has 0 radical (unpaired) electrons. The summed E-state index contributed by atoms with van der Waals surface area (Å²) < 4.78 is 0. The Morgan fingerprint density at radius 3 is 2.30 bits per heavy atom. The van der Waals surface area contributed by atoms with Crippen molar-refractivity contribution in [2.45, 2.75) is 19.4 Å². The SMILES string of the molecule is CC1(C)NC(=O)C=CC1=O. The summed E-state index contributed by atoms with van der Waals surface area (Å²) >= 11 is 0. The number of ketones is 1. The number of amides is 1. The molecule has 10 heavy (non-hydrogen) atoms. The Kier molecular flexibility index (Phi) is 1.35. The molecule has 0 bridgehead atoms. The van der Waals surface area contributed by atoms with E-state index >= 15 is 0 Å². The second-order valence-electron chi connectivity index (χ2n) is 2.81. The molecule has 0 aliphatic carbocycles. The summed E-state index contributed by atoms with van der Waals surface area (Å²) in [6.45, 7) is 3.35. The van der Waals surface area contributed by atoms with E-state index in [9.17, 15) is 9.59 Å². The predicted octanol–water partition coefficient (Wildman–Crippen LogP) is 0.0201. The highest BCUT2D eigenvalue weighted by molar-refractivity contribution is 6.08. The third-order valence-electron chi connectivity index (χ3n) is 1.44. The van der Waals surface area contributed by atoms with Crippen LogP contribution in [0.3, 0.4) is 0 Å². The van der Waals surface area contributed by atoms with Gasteiger partial charge in [-0.15, -0.1) is 0 Å². The number of hydrogen-bond donors (Lipinski definition) is 1. The zero-order valence-corrected chi connectivity index (χ0v) is 5.97. The summed E-state index contributed by atoms with van der Waals surface area (Å²) in [6.07, 6.45) is 2.55. The molecule has 1 heterocycles. The summed E-state index contributed by atoms with van der Waals surface area (Å²) in [5.41, 5.74) is -0.716. The maximum atomic E-state index is 11.0. The van der Waals surface area contributed by atoms with Gasteiger partial charge in [-0.05, 0) is 19.9 Å². The van der Waals surface area contributed by atoms with Gasteiger partial charge >= 0.3 is 0 Å². The Morgan fingerprint density at radius 1 is 1.30 bits per heavy atom. The number of hydrogen-bond acceptors (Lipinski definition) is 2. The van der Waals surface area contributed by atoms with E-state index < -0.39 is 5.54 Å². The van der Waals surface area contributed by atoms with E-state index in [1.807, 2.05) is 0 Å². The molecule has 0 atom stereocenters. The Labute approximate surface area is 59.1 Å². The van der Waals surface area contributed by atoms with Crippen LogP contribution >= 0.6 is 0 Å². The zero-order chi connectivity index (χ0) is 7.78. The lowest BCUT2D eigenvalue weighted by molar-refractivity contribution is -0.127. The van der Waals surface area contributed by atoms with E-state index in [1.165, 1.54) is 12.2 Å². The summed E-state index contributed by atoms with van der Waals surface area (Å²) in [6, 6.07) is 0. The number of nitrogens with one attached hydrogen (secondary N) is 1. The minimum atomic E-state index is -0.716. The van der Waals surface area contributed by atoms with Gasteiger partial charge in [-0.3, -0.25) is 9.59 Å². The molecule has 0 fully saturated rings. The molecule has 0 saturated carbocycles. The van der Waals surface area contributed by atoms with Crippen LogP contribution in [0, 0.1) is 0 Å². The first kappa shape index (κ1) is 6.99. The molecule has 3 nitrogen and oxygen atoms in total. The highest BCUT2D eigenvalue weighted by Gasteiger charge is 2.29. The van der Waals surface area contributed by atoms with E-state index in [2.05, 4.69) is 5.32 Å². The average molecular weight is 139 g/mol. The van der Waals surface area contributed by atoms with Gasteiger partial charge in [-0.2, -0.15) is 0 Å². The monoisotopic (exact) mass is 139 g/mol. The van der Waals surface area contributed by atoms with Crippen LogP contribution in [0.1, 0.15) is 13.8 Å². The van der Waals surface area contributed by atoms with Crippen molar-refractivity contribution in [2.24, 2.45) is 0 Å². The minimum absolute atomic E-state index is 0.0629. The molecule has 3 heteroatoms. The van der Waals surface area contributed by atoms with Crippen LogP contribution in [0.15, 0.2) is 12.2 Å². The fourth-order valence-corrected chi connectivity index (χ4v) is 0.771. The lowest BCUT2D eigenvalue weighted by Crippen LogP contribution is -2.51. The molecule has 0 saturated heterocycles. The maximum Gasteiger partial charge on any atom is 0.244 e. The van der Waals surface area contributed by atoms with Gasteiger partial charge in [0.2, 0.25) is 5.91 Å². The van der Waals surface area contributed by atoms with Crippen molar-refractivity contribution in [3.63, 3.8) is 0 Å². The van der Waals surface area contributed by atoms with Crippen LogP contribution in [0.4, 0.5) is 0 Å². The Bertz CT molecular complexity index is 216. The fourth-order valence-electron chi connectivity index (χ4n) is 0.771. The lowest BCUT2D eigenvalue weighted by atomic mass is 9.96. The van der Waals surface area contributed by atoms with Crippen LogP contribution in [0.2, 0.25) is 0 Å². The molecular formula is C7H9NO2. The standard InChI is InChI=1S/C7H9NO2/c1-7(2)5(9)3-4-6(10)8-7/h3-4H,1-2H3,(H,8,10). The van der Waals surface area contributed by atoms with Gasteiger partial charge in [-0.1, -0.05) is 0 Å². The molecule has 1 aliphatic heterocycles. The second-order valence-corrected chi connectivity index (χ2v) is 2.81. The molecule has 0 spiro atoms. The summed E-state index contributed by atoms with van der Waals surface area (Å²) in [5.74, 6) is -0.267. The van der Waals surface area contributed by atoms with Crippen molar-refractivity contribution in [3.05, 3.63) is 12.2 Å². The first-order valence-corrected chi connectivity index (χ1v) is 3.07. The van der Waals surface area contributed by atoms with Gasteiger partial charge in [0.1, 0.15) is 0 Å². The van der Waals surface area contributed by atoms with E-state index in [0.29, 0.717) is 0 Å². The van der Waals surface area contributed by atoms with Crippen molar-refractivity contribution in [1.82, 2.24) is 5.32 Å². The molecule has 1 amide bonds. The molecule has 1 rings (SSSR count). The normalized spacial score (nSPS) is 22.6. The fraction of sp³-hybridized carbons (Fsp3) is 0.429. The lowest BCUT2D eigenvalue weighted by Gasteiger charge is -2.24. The molecule has 1 N–H and O–H groups in total. The van der Waals surface area contributed by atoms with Gasteiger partial charge < -0.3 is 5.32 Å². The van der Waals surface area contributed by atoms with Crippen LogP contribution in [-0.2, 0) is 9.59 Å². The highest BCUT2D eigenvalue weighted by Crippen LogP contribution is 2.08. The van der Waals surface area contributed by atoms with Crippen molar-refractivity contribution < 1.29 is 9.59 Å². The van der Waals surface area contributed by atoms with Crippen molar-refractivity contribution in [1.29, 1.82) is 0 Å². The second kappa shape index (κ2) is 1.94. The first-order valence-electron chi connectivity index (χ1n) is 3.07. The molecule has 54 valence electrons. The van der Waals surface area contributed by atoms with Gasteiger partial charge in [0, 0.05) is 6.08 Å². The third kappa shape index (κ3) is 1.07. The molecule has 1 aliphatic rings. The van der Waals surface area contributed by atoms with Crippen LogP contribution in [-0.4, -0.2) is 17.2 Å². The summed E-state index contributed by atoms with van der Waals surface area (Å²) in [5, 5.41) is 2.53. The maximum absolute atomic E-state index is 11.0. The van der Waals surface area contributed by atoms with E-state index in [0.717, 1.165) is 0 Å². The minimum Gasteiger partial charge on any atom is -0.340 e. The zero-order valence-electron chi connectivity index (χ0n) is 5.97. The van der Waals surface area contributed by atoms with Gasteiger partial charge in [0.05, 0.1) is 5.54 Å². The van der Waals surface area contributed by atoms with Gasteiger partial charge in [0.25, 0.3) is 0 Å². The molecular weight excluding hydrogens is 130 g/mol. The Morgan fingerprint density at radius 2 is 1.90 bits per heavy atom. The third-order valence-corrected chi connectivity index (χ3v) is 1.44. The highest BCUT2D eigenvalue weighted by atomic mass is 16.2. The van der Waals surface area contributed by atoms with Crippen LogP contribution in [0.5, 0.6) is 0 Å². The van der Waals surface area contributed by atoms with E-state index in [-0.39, 0.29) is 11.7 Å². The Hall–Kier alpha value is -1.12. The topological polar surface area (TPSA) is 46.2 Å². The van der Waals surface area contributed by atoms with Gasteiger partial charge in [0.15, 0.2) is 5.78 Å². The molecule has 0 aromatic carbocycles. The summed E-state index contributed by atoms with van der Waals surface area (Å²) in [7, 11) is 0. The van der Waals surface area contributed by atoms with E-state index in [1.54, 1.807) is 13.8 Å². The van der Waals surface area contributed by atoms with Crippen LogP contribution in [0.25, 0.3) is 0 Å². The van der Waals surface area contributed by atoms with Crippen molar-refractivity contribution in [3.8, 4) is 0 Å². The quantitative estimate of drug-likeness (QED) is 0.514.